The summed E-state index contributed by atoms with van der Waals surface area (Å²) in [5.74, 6) is 0.819. The van der Waals surface area contributed by atoms with Gasteiger partial charge in [-0.05, 0) is 11.8 Å². The van der Waals surface area contributed by atoms with E-state index < -0.39 is 0 Å². The fourth-order valence-corrected chi connectivity index (χ4v) is 2.18. The molecular formula is C16H26O2. The predicted molar refractivity (Wildman–Crippen MR) is 76.4 cm³/mol. The van der Waals surface area contributed by atoms with Crippen LogP contribution < -0.4 is 5.43 Å². The first-order valence-electron chi connectivity index (χ1n) is 6.74. The number of hydrogen-bond donors (Lipinski definition) is 0. The molecule has 1 heterocycles. The van der Waals surface area contributed by atoms with Crippen molar-refractivity contribution in [2.24, 2.45) is 0 Å². The molecule has 0 bridgehead atoms. The van der Waals surface area contributed by atoms with Gasteiger partial charge in [0.2, 0.25) is 0 Å². The third-order valence-corrected chi connectivity index (χ3v) is 3.02. The third kappa shape index (κ3) is 3.04. The van der Waals surface area contributed by atoms with Crippen LogP contribution in [0.15, 0.2) is 15.5 Å². The van der Waals surface area contributed by atoms with E-state index >= 15 is 0 Å². The lowest BCUT2D eigenvalue weighted by atomic mass is 9.78. The maximum atomic E-state index is 12.6. The standard InChI is InChI=1S/C16H26O2/c1-8-9-11-10-18-14(16(5,6)7)12(13(11)17)15(2,3)4/h10H,8-9H2,1-7H3. The zero-order chi connectivity index (χ0) is 14.1. The van der Waals surface area contributed by atoms with Crippen molar-refractivity contribution < 1.29 is 4.42 Å². The molecule has 0 aliphatic carbocycles. The Labute approximate surface area is 110 Å². The lowest BCUT2D eigenvalue weighted by Crippen LogP contribution is -2.31. The highest BCUT2D eigenvalue weighted by Gasteiger charge is 2.31. The second-order valence-electron chi connectivity index (χ2n) is 7.04. The summed E-state index contributed by atoms with van der Waals surface area (Å²) in [6.45, 7) is 14.5. The first-order chi connectivity index (χ1) is 8.09. The van der Waals surface area contributed by atoms with Crippen molar-refractivity contribution in [2.75, 3.05) is 0 Å². The second-order valence-corrected chi connectivity index (χ2v) is 7.04. The van der Waals surface area contributed by atoms with E-state index in [1.54, 1.807) is 6.26 Å². The number of aryl methyl sites for hydroxylation is 1. The maximum absolute atomic E-state index is 12.6. The fourth-order valence-electron chi connectivity index (χ4n) is 2.18. The molecule has 0 aliphatic rings. The highest BCUT2D eigenvalue weighted by atomic mass is 16.3. The molecule has 0 atom stereocenters. The van der Waals surface area contributed by atoms with E-state index in [2.05, 4.69) is 48.5 Å². The quantitative estimate of drug-likeness (QED) is 0.788. The van der Waals surface area contributed by atoms with Crippen LogP contribution in [0.5, 0.6) is 0 Å². The Bertz CT molecular complexity index is 467. The van der Waals surface area contributed by atoms with E-state index in [-0.39, 0.29) is 16.3 Å². The van der Waals surface area contributed by atoms with Crippen molar-refractivity contribution in [3.63, 3.8) is 0 Å². The first-order valence-corrected chi connectivity index (χ1v) is 6.74. The highest BCUT2D eigenvalue weighted by Crippen LogP contribution is 2.31. The molecule has 0 spiro atoms. The summed E-state index contributed by atoms with van der Waals surface area (Å²) in [6.07, 6.45) is 3.40. The zero-order valence-corrected chi connectivity index (χ0v) is 12.8. The van der Waals surface area contributed by atoms with Gasteiger partial charge < -0.3 is 4.42 Å². The summed E-state index contributed by atoms with van der Waals surface area (Å²) in [6, 6.07) is 0. The monoisotopic (exact) mass is 250 g/mol. The second kappa shape index (κ2) is 4.91. The molecule has 0 aromatic carbocycles. The lowest BCUT2D eigenvalue weighted by molar-refractivity contribution is 0.368. The van der Waals surface area contributed by atoms with Crippen LogP contribution in [0.1, 0.15) is 71.8 Å². The Hall–Kier alpha value is -1.05. The van der Waals surface area contributed by atoms with Crippen molar-refractivity contribution >= 4 is 0 Å². The molecule has 2 nitrogen and oxygen atoms in total. The molecule has 0 amide bonds. The van der Waals surface area contributed by atoms with Gasteiger partial charge in [-0.15, -0.1) is 0 Å². The first kappa shape index (κ1) is 15.0. The van der Waals surface area contributed by atoms with Crippen LogP contribution in [-0.4, -0.2) is 0 Å². The number of rotatable bonds is 2. The van der Waals surface area contributed by atoms with Crippen molar-refractivity contribution in [3.8, 4) is 0 Å². The molecule has 1 rings (SSSR count). The van der Waals surface area contributed by atoms with Gasteiger partial charge in [-0.25, -0.2) is 0 Å². The molecule has 102 valence electrons. The van der Waals surface area contributed by atoms with Gasteiger partial charge in [0, 0.05) is 16.5 Å². The topological polar surface area (TPSA) is 30.2 Å². The molecule has 2 heteroatoms. The molecule has 0 fully saturated rings. The van der Waals surface area contributed by atoms with Gasteiger partial charge in [0.1, 0.15) is 5.76 Å². The number of hydrogen-bond acceptors (Lipinski definition) is 2. The van der Waals surface area contributed by atoms with Crippen LogP contribution in [0.3, 0.4) is 0 Å². The fraction of sp³-hybridized carbons (Fsp3) is 0.688. The molecule has 0 saturated heterocycles. The maximum Gasteiger partial charge on any atom is 0.192 e. The largest absolute Gasteiger partial charge is 0.468 e. The molecular weight excluding hydrogens is 224 g/mol. The molecule has 0 aliphatic heterocycles. The Balaban J connectivity index is 3.58. The van der Waals surface area contributed by atoms with Crippen molar-refractivity contribution in [1.29, 1.82) is 0 Å². The van der Waals surface area contributed by atoms with Crippen LogP contribution in [0.4, 0.5) is 0 Å². The van der Waals surface area contributed by atoms with Gasteiger partial charge in [-0.1, -0.05) is 54.9 Å². The van der Waals surface area contributed by atoms with E-state index in [1.165, 1.54) is 0 Å². The van der Waals surface area contributed by atoms with Gasteiger partial charge in [-0.2, -0.15) is 0 Å². The average Bonchev–Trinajstić information content (AvgIpc) is 2.17. The van der Waals surface area contributed by atoms with Gasteiger partial charge in [0.05, 0.1) is 6.26 Å². The Morgan fingerprint density at radius 2 is 1.61 bits per heavy atom. The smallest absolute Gasteiger partial charge is 0.192 e. The highest BCUT2D eigenvalue weighted by molar-refractivity contribution is 5.33. The van der Waals surface area contributed by atoms with E-state index in [0.717, 1.165) is 29.7 Å². The molecule has 0 saturated carbocycles. The van der Waals surface area contributed by atoms with Gasteiger partial charge >= 0.3 is 0 Å². The summed E-state index contributed by atoms with van der Waals surface area (Å²) in [4.78, 5) is 12.6. The summed E-state index contributed by atoms with van der Waals surface area (Å²) < 4.78 is 5.81. The normalized spacial score (nSPS) is 12.8. The Morgan fingerprint density at radius 3 is 2.00 bits per heavy atom. The van der Waals surface area contributed by atoms with Crippen molar-refractivity contribution in [1.82, 2.24) is 0 Å². The van der Waals surface area contributed by atoms with E-state index in [0.29, 0.717) is 0 Å². The van der Waals surface area contributed by atoms with Crippen LogP contribution >= 0.6 is 0 Å². The zero-order valence-electron chi connectivity index (χ0n) is 12.8. The van der Waals surface area contributed by atoms with Crippen LogP contribution in [0.2, 0.25) is 0 Å². The van der Waals surface area contributed by atoms with Crippen LogP contribution in [0.25, 0.3) is 0 Å². The summed E-state index contributed by atoms with van der Waals surface area (Å²) in [5, 5.41) is 0. The Kier molecular flexibility index (Phi) is 4.09. The van der Waals surface area contributed by atoms with Crippen molar-refractivity contribution in [3.05, 3.63) is 33.4 Å². The van der Waals surface area contributed by atoms with E-state index in [4.69, 9.17) is 4.42 Å². The van der Waals surface area contributed by atoms with E-state index in [9.17, 15) is 4.79 Å². The summed E-state index contributed by atoms with van der Waals surface area (Å²) in [7, 11) is 0. The molecule has 18 heavy (non-hydrogen) atoms. The minimum Gasteiger partial charge on any atom is -0.468 e. The molecule has 1 aromatic rings. The summed E-state index contributed by atoms with van der Waals surface area (Å²) >= 11 is 0. The van der Waals surface area contributed by atoms with Gasteiger partial charge in [-0.3, -0.25) is 4.79 Å². The van der Waals surface area contributed by atoms with Crippen LogP contribution in [-0.2, 0) is 17.3 Å². The molecule has 0 N–H and O–H groups in total. The third-order valence-electron chi connectivity index (χ3n) is 3.02. The average molecular weight is 250 g/mol. The molecule has 0 unspecified atom stereocenters. The minimum atomic E-state index is -0.188. The van der Waals surface area contributed by atoms with E-state index in [1.807, 2.05) is 0 Å². The Morgan fingerprint density at radius 1 is 1.06 bits per heavy atom. The van der Waals surface area contributed by atoms with Crippen LogP contribution in [0, 0.1) is 0 Å². The van der Waals surface area contributed by atoms with Crippen molar-refractivity contribution in [2.45, 2.75) is 72.1 Å². The SMILES string of the molecule is CCCc1coc(C(C)(C)C)c(C(C)(C)C)c1=O. The van der Waals surface area contributed by atoms with Gasteiger partial charge in [0.15, 0.2) is 5.43 Å². The summed E-state index contributed by atoms with van der Waals surface area (Å²) in [5.41, 5.74) is 1.47. The molecule has 0 radical (unpaired) electrons. The molecule has 1 aromatic heterocycles. The lowest BCUT2D eigenvalue weighted by Gasteiger charge is -2.27. The minimum absolute atomic E-state index is 0.146. The predicted octanol–water partition coefficient (Wildman–Crippen LogP) is 4.19. The van der Waals surface area contributed by atoms with Gasteiger partial charge in [0.25, 0.3) is 0 Å².